The Kier molecular flexibility index (Phi) is 4.34. The second kappa shape index (κ2) is 6.67. The van der Waals surface area contributed by atoms with Gasteiger partial charge in [0.05, 0.1) is 12.4 Å². The van der Waals surface area contributed by atoms with Crippen LogP contribution < -0.4 is 0 Å². The number of aromatic nitrogens is 4. The Labute approximate surface area is 154 Å². The molecular weight excluding hydrogens is 356 g/mol. The molecule has 0 aliphatic carbocycles. The quantitative estimate of drug-likeness (QED) is 0.631. The first kappa shape index (κ1) is 16.9. The molecule has 2 aromatic heterocycles. The van der Waals surface area contributed by atoms with Crippen LogP contribution in [0.15, 0.2) is 36.9 Å². The van der Waals surface area contributed by atoms with Crippen molar-refractivity contribution in [3.05, 3.63) is 53.2 Å². The highest BCUT2D eigenvalue weighted by atomic mass is 35.5. The van der Waals surface area contributed by atoms with Crippen LogP contribution in [0.5, 0.6) is 0 Å². The third kappa shape index (κ3) is 2.93. The van der Waals surface area contributed by atoms with Crippen molar-refractivity contribution in [3.8, 4) is 11.8 Å². The topological polar surface area (TPSA) is 93.3 Å². The summed E-state index contributed by atoms with van der Waals surface area (Å²) in [6, 6.07) is 7.16. The summed E-state index contributed by atoms with van der Waals surface area (Å²) in [5.74, 6) is 6.00. The van der Waals surface area contributed by atoms with E-state index < -0.39 is 24.5 Å². The van der Waals surface area contributed by atoms with Crippen molar-refractivity contribution in [1.82, 2.24) is 19.5 Å². The van der Waals surface area contributed by atoms with E-state index in [1.54, 1.807) is 23.6 Å². The second-order valence-corrected chi connectivity index (χ2v) is 6.45. The number of aliphatic hydroxyl groups excluding tert-OH is 2. The summed E-state index contributed by atoms with van der Waals surface area (Å²) < 4.78 is 7.22. The zero-order valence-electron chi connectivity index (χ0n) is 13.7. The first-order chi connectivity index (χ1) is 12.5. The van der Waals surface area contributed by atoms with Crippen molar-refractivity contribution >= 4 is 22.8 Å². The molecule has 1 saturated heterocycles. The van der Waals surface area contributed by atoms with Gasteiger partial charge in [-0.2, -0.15) is 0 Å². The van der Waals surface area contributed by atoms with E-state index in [1.165, 1.54) is 12.7 Å². The average molecular weight is 371 g/mol. The molecule has 4 rings (SSSR count). The first-order valence-corrected chi connectivity index (χ1v) is 8.39. The lowest BCUT2D eigenvalue weighted by molar-refractivity contribution is -0.0299. The summed E-state index contributed by atoms with van der Waals surface area (Å²) in [6.07, 6.45) is -0.404. The molecular formula is C18H15ClN4O3. The molecule has 0 saturated carbocycles. The number of rotatable bonds is 1. The second-order valence-electron chi connectivity index (χ2n) is 6.02. The van der Waals surface area contributed by atoms with E-state index in [0.29, 0.717) is 21.9 Å². The summed E-state index contributed by atoms with van der Waals surface area (Å²) in [6.45, 7) is 1.70. The average Bonchev–Trinajstić information content (AvgIpc) is 3.18. The molecule has 0 amide bonds. The van der Waals surface area contributed by atoms with Crippen LogP contribution in [-0.4, -0.2) is 48.0 Å². The maximum atomic E-state index is 10.2. The van der Waals surface area contributed by atoms with Crippen LogP contribution in [0.25, 0.3) is 11.2 Å². The molecule has 0 radical (unpaired) electrons. The Morgan fingerprint density at radius 3 is 2.54 bits per heavy atom. The molecule has 26 heavy (non-hydrogen) atoms. The first-order valence-electron chi connectivity index (χ1n) is 8.01. The zero-order chi connectivity index (χ0) is 18.3. The molecule has 1 aromatic carbocycles. The number of imidazole rings is 1. The van der Waals surface area contributed by atoms with Crippen LogP contribution in [0.3, 0.4) is 0 Å². The minimum absolute atomic E-state index is 0.463. The van der Waals surface area contributed by atoms with Crippen LogP contribution in [0, 0.1) is 11.8 Å². The van der Waals surface area contributed by atoms with E-state index in [-0.39, 0.29) is 0 Å². The molecule has 0 spiro atoms. The van der Waals surface area contributed by atoms with E-state index in [0.717, 1.165) is 5.56 Å². The van der Waals surface area contributed by atoms with Gasteiger partial charge < -0.3 is 14.9 Å². The minimum Gasteiger partial charge on any atom is -0.388 e. The van der Waals surface area contributed by atoms with Crippen molar-refractivity contribution in [2.75, 3.05) is 0 Å². The van der Waals surface area contributed by atoms with Gasteiger partial charge in [-0.3, -0.25) is 4.57 Å². The molecule has 4 atom stereocenters. The van der Waals surface area contributed by atoms with Crippen molar-refractivity contribution in [2.24, 2.45) is 0 Å². The molecule has 132 valence electrons. The SMILES string of the molecule is C[C@H]1O[C@@H](n2cnc3c(C#Cc4ccc(Cl)cc4)ncnc32)[C@H](O)[C@@H]1O. The van der Waals surface area contributed by atoms with E-state index >= 15 is 0 Å². The summed E-state index contributed by atoms with van der Waals surface area (Å²) in [5, 5.41) is 20.8. The predicted octanol–water partition coefficient (Wildman–Crippen LogP) is 1.52. The smallest absolute Gasteiger partial charge is 0.166 e. The third-order valence-corrected chi connectivity index (χ3v) is 4.53. The van der Waals surface area contributed by atoms with Gasteiger partial charge in [0.1, 0.15) is 29.7 Å². The summed E-state index contributed by atoms with van der Waals surface area (Å²) >= 11 is 5.87. The Hall–Kier alpha value is -2.50. The van der Waals surface area contributed by atoms with Crippen molar-refractivity contribution in [2.45, 2.75) is 31.5 Å². The van der Waals surface area contributed by atoms with Crippen molar-refractivity contribution in [3.63, 3.8) is 0 Å². The van der Waals surface area contributed by atoms with E-state index in [4.69, 9.17) is 16.3 Å². The molecule has 8 heteroatoms. The van der Waals surface area contributed by atoms with Gasteiger partial charge in [0.2, 0.25) is 0 Å². The fourth-order valence-electron chi connectivity index (χ4n) is 2.85. The maximum Gasteiger partial charge on any atom is 0.166 e. The van der Waals surface area contributed by atoms with Crippen LogP contribution in [-0.2, 0) is 4.74 Å². The van der Waals surface area contributed by atoms with Gasteiger partial charge in [-0.05, 0) is 37.1 Å². The molecule has 1 aliphatic rings. The Morgan fingerprint density at radius 2 is 1.85 bits per heavy atom. The molecule has 3 heterocycles. The lowest BCUT2D eigenvalue weighted by Crippen LogP contribution is -2.30. The van der Waals surface area contributed by atoms with E-state index in [2.05, 4.69) is 26.8 Å². The van der Waals surface area contributed by atoms with Crippen LogP contribution in [0.2, 0.25) is 5.02 Å². The van der Waals surface area contributed by atoms with Gasteiger partial charge in [0.15, 0.2) is 11.9 Å². The molecule has 1 aliphatic heterocycles. The maximum absolute atomic E-state index is 10.2. The predicted molar refractivity (Wildman–Crippen MR) is 94.4 cm³/mol. The number of nitrogens with zero attached hydrogens (tertiary/aromatic N) is 4. The van der Waals surface area contributed by atoms with Gasteiger partial charge in [0.25, 0.3) is 0 Å². The molecule has 2 N–H and O–H groups in total. The van der Waals surface area contributed by atoms with E-state index in [9.17, 15) is 10.2 Å². The van der Waals surface area contributed by atoms with Crippen LogP contribution in [0.4, 0.5) is 0 Å². The number of hydrogen-bond donors (Lipinski definition) is 2. The number of ether oxygens (including phenoxy) is 1. The van der Waals surface area contributed by atoms with Crippen LogP contribution in [0.1, 0.15) is 24.4 Å². The largest absolute Gasteiger partial charge is 0.388 e. The normalized spacial score (nSPS) is 25.2. The minimum atomic E-state index is -1.07. The van der Waals surface area contributed by atoms with Crippen LogP contribution >= 0.6 is 11.6 Å². The number of aliphatic hydroxyl groups is 2. The lowest BCUT2D eigenvalue weighted by Gasteiger charge is -2.16. The highest BCUT2D eigenvalue weighted by molar-refractivity contribution is 6.30. The van der Waals surface area contributed by atoms with Crippen molar-refractivity contribution < 1.29 is 14.9 Å². The fourth-order valence-corrected chi connectivity index (χ4v) is 2.98. The summed E-state index contributed by atoms with van der Waals surface area (Å²) in [7, 11) is 0. The molecule has 1 fully saturated rings. The van der Waals surface area contributed by atoms with Gasteiger partial charge >= 0.3 is 0 Å². The van der Waals surface area contributed by atoms with Gasteiger partial charge in [-0.1, -0.05) is 17.5 Å². The Bertz CT molecular complexity index is 1010. The lowest BCUT2D eigenvalue weighted by atomic mass is 10.1. The highest BCUT2D eigenvalue weighted by Gasteiger charge is 2.42. The monoisotopic (exact) mass is 370 g/mol. The van der Waals surface area contributed by atoms with E-state index in [1.807, 2.05) is 12.1 Å². The van der Waals surface area contributed by atoms with Crippen molar-refractivity contribution in [1.29, 1.82) is 0 Å². The Balaban J connectivity index is 1.71. The highest BCUT2D eigenvalue weighted by Crippen LogP contribution is 2.31. The number of hydrogen-bond acceptors (Lipinski definition) is 6. The standard InChI is InChI=1S/C18H15ClN4O3/c1-10-15(24)16(25)18(26-10)23-9-22-14-13(20-8-21-17(14)23)7-4-11-2-5-12(19)6-3-11/h2-3,5-6,8-10,15-16,18,24-25H,1H3/t10-,15-,16-,18-/m1/s1. The number of halogens is 1. The van der Waals surface area contributed by atoms with Gasteiger partial charge in [-0.15, -0.1) is 0 Å². The number of fused-ring (bicyclic) bond motifs is 1. The summed E-state index contributed by atoms with van der Waals surface area (Å²) in [5.41, 5.74) is 2.24. The Morgan fingerprint density at radius 1 is 1.08 bits per heavy atom. The molecule has 0 bridgehead atoms. The number of benzene rings is 1. The molecule has 3 aromatic rings. The molecule has 0 unspecified atom stereocenters. The van der Waals surface area contributed by atoms with Gasteiger partial charge in [0, 0.05) is 10.6 Å². The molecule has 7 nitrogen and oxygen atoms in total. The van der Waals surface area contributed by atoms with Gasteiger partial charge in [-0.25, -0.2) is 15.0 Å². The fraction of sp³-hybridized carbons (Fsp3) is 0.278. The summed E-state index contributed by atoms with van der Waals surface area (Å²) in [4.78, 5) is 12.7. The third-order valence-electron chi connectivity index (χ3n) is 4.28. The zero-order valence-corrected chi connectivity index (χ0v) is 14.5.